The maximum Gasteiger partial charge on any atom is 0.277 e. The van der Waals surface area contributed by atoms with Crippen LogP contribution in [-0.4, -0.2) is 30.4 Å². The summed E-state index contributed by atoms with van der Waals surface area (Å²) in [6.45, 7) is 7.67. The van der Waals surface area contributed by atoms with Crippen molar-refractivity contribution in [2.75, 3.05) is 13.7 Å². The van der Waals surface area contributed by atoms with Crippen LogP contribution in [0.3, 0.4) is 0 Å². The lowest BCUT2D eigenvalue weighted by molar-refractivity contribution is -0.123. The van der Waals surface area contributed by atoms with E-state index in [1.807, 2.05) is 25.1 Å². The predicted molar refractivity (Wildman–Crippen MR) is 106 cm³/mol. The molecule has 2 aromatic rings. The number of methoxy groups -OCH3 is 1. The number of rotatable bonds is 7. The SMILES string of the molecule is COc1ccc(O)c(/C(C)=N/NC(=O)COc2cc(C)ccc2C(C)C)c1. The number of benzene rings is 2. The molecule has 0 unspecified atom stereocenters. The largest absolute Gasteiger partial charge is 0.507 e. The molecular formula is C21H26N2O4. The second kappa shape index (κ2) is 9.07. The number of carbonyl (C=O) groups excluding carboxylic acids is 1. The summed E-state index contributed by atoms with van der Waals surface area (Å²) in [6.07, 6.45) is 0. The lowest BCUT2D eigenvalue weighted by atomic mass is 10.0. The molecule has 27 heavy (non-hydrogen) atoms. The van der Waals surface area contributed by atoms with Gasteiger partial charge in [0.1, 0.15) is 17.2 Å². The summed E-state index contributed by atoms with van der Waals surface area (Å²) in [5, 5.41) is 14.0. The minimum Gasteiger partial charge on any atom is -0.507 e. The van der Waals surface area contributed by atoms with Gasteiger partial charge in [-0.3, -0.25) is 4.79 Å². The van der Waals surface area contributed by atoms with Gasteiger partial charge in [-0.1, -0.05) is 26.0 Å². The monoisotopic (exact) mass is 370 g/mol. The minimum atomic E-state index is -0.382. The Kier molecular flexibility index (Phi) is 6.82. The van der Waals surface area contributed by atoms with Crippen LogP contribution in [0.2, 0.25) is 0 Å². The summed E-state index contributed by atoms with van der Waals surface area (Å²) >= 11 is 0. The molecule has 0 aromatic heterocycles. The molecule has 1 amide bonds. The standard InChI is InChI=1S/C21H26N2O4/c1-13(2)17-8-6-14(3)10-20(17)27-12-21(25)23-22-15(4)18-11-16(26-5)7-9-19(18)24/h6-11,13,24H,12H2,1-5H3,(H,23,25)/b22-15+. The summed E-state index contributed by atoms with van der Waals surface area (Å²) in [7, 11) is 1.54. The predicted octanol–water partition coefficient (Wildman–Crippen LogP) is 3.75. The first-order valence-corrected chi connectivity index (χ1v) is 8.75. The maximum atomic E-state index is 12.1. The first kappa shape index (κ1) is 20.3. The number of nitrogens with one attached hydrogen (secondary N) is 1. The molecule has 0 atom stereocenters. The van der Waals surface area contributed by atoms with Crippen LogP contribution < -0.4 is 14.9 Å². The minimum absolute atomic E-state index is 0.0592. The van der Waals surface area contributed by atoms with Crippen molar-refractivity contribution in [1.82, 2.24) is 5.43 Å². The fourth-order valence-corrected chi connectivity index (χ4v) is 2.56. The number of hydrazone groups is 1. The zero-order valence-corrected chi connectivity index (χ0v) is 16.4. The highest BCUT2D eigenvalue weighted by Gasteiger charge is 2.11. The Morgan fingerprint density at radius 3 is 2.63 bits per heavy atom. The van der Waals surface area contributed by atoms with E-state index in [-0.39, 0.29) is 18.3 Å². The molecule has 0 bridgehead atoms. The number of hydrogen-bond donors (Lipinski definition) is 2. The molecule has 6 heteroatoms. The van der Waals surface area contributed by atoms with E-state index in [2.05, 4.69) is 24.4 Å². The van der Waals surface area contributed by atoms with Crippen LogP contribution in [0.25, 0.3) is 0 Å². The van der Waals surface area contributed by atoms with Crippen molar-refractivity contribution in [2.24, 2.45) is 5.10 Å². The molecule has 144 valence electrons. The average Bonchev–Trinajstić information content (AvgIpc) is 2.64. The number of phenolic OH excluding ortho intramolecular Hbond substituents is 1. The smallest absolute Gasteiger partial charge is 0.277 e. The Labute approximate surface area is 159 Å². The molecule has 0 saturated heterocycles. The van der Waals surface area contributed by atoms with Gasteiger partial charge in [0.05, 0.1) is 12.8 Å². The van der Waals surface area contributed by atoms with Crippen LogP contribution in [0, 0.1) is 6.92 Å². The summed E-state index contributed by atoms with van der Waals surface area (Å²) < 4.78 is 10.8. The van der Waals surface area contributed by atoms with E-state index in [1.54, 1.807) is 26.2 Å². The van der Waals surface area contributed by atoms with Gasteiger partial charge in [0.15, 0.2) is 6.61 Å². The number of ether oxygens (including phenoxy) is 2. The molecule has 2 aromatic carbocycles. The van der Waals surface area contributed by atoms with Crippen LogP contribution in [0.1, 0.15) is 43.4 Å². The second-order valence-corrected chi connectivity index (χ2v) is 6.60. The van der Waals surface area contributed by atoms with E-state index in [9.17, 15) is 9.90 Å². The van der Waals surface area contributed by atoms with E-state index < -0.39 is 0 Å². The number of hydrogen-bond acceptors (Lipinski definition) is 5. The number of phenols is 1. The van der Waals surface area contributed by atoms with Crippen LogP contribution in [-0.2, 0) is 4.79 Å². The number of nitrogens with zero attached hydrogens (tertiary/aromatic N) is 1. The van der Waals surface area contributed by atoms with Gasteiger partial charge in [-0.05, 0) is 55.2 Å². The van der Waals surface area contributed by atoms with Crippen molar-refractivity contribution in [3.63, 3.8) is 0 Å². The third-order valence-electron chi connectivity index (χ3n) is 4.09. The Balaban J connectivity index is 2.02. The molecule has 0 aliphatic heterocycles. The van der Waals surface area contributed by atoms with Crippen molar-refractivity contribution in [1.29, 1.82) is 0 Å². The zero-order valence-electron chi connectivity index (χ0n) is 16.4. The highest BCUT2D eigenvalue weighted by Crippen LogP contribution is 2.27. The molecule has 0 heterocycles. The van der Waals surface area contributed by atoms with Gasteiger partial charge in [-0.25, -0.2) is 5.43 Å². The number of aryl methyl sites for hydroxylation is 1. The van der Waals surface area contributed by atoms with E-state index in [1.165, 1.54) is 6.07 Å². The van der Waals surface area contributed by atoms with Crippen molar-refractivity contribution >= 4 is 11.6 Å². The van der Waals surface area contributed by atoms with Gasteiger partial charge >= 0.3 is 0 Å². The van der Waals surface area contributed by atoms with Crippen molar-refractivity contribution < 1.29 is 19.4 Å². The second-order valence-electron chi connectivity index (χ2n) is 6.60. The van der Waals surface area contributed by atoms with Crippen molar-refractivity contribution in [3.05, 3.63) is 53.1 Å². The topological polar surface area (TPSA) is 80.2 Å². The summed E-state index contributed by atoms with van der Waals surface area (Å²) in [6, 6.07) is 10.8. The summed E-state index contributed by atoms with van der Waals surface area (Å²) in [4.78, 5) is 12.1. The number of amides is 1. The lowest BCUT2D eigenvalue weighted by Crippen LogP contribution is -2.26. The molecule has 0 saturated carbocycles. The van der Waals surface area contributed by atoms with Crippen LogP contribution >= 0.6 is 0 Å². The van der Waals surface area contributed by atoms with E-state index in [0.717, 1.165) is 11.1 Å². The Morgan fingerprint density at radius 2 is 1.96 bits per heavy atom. The molecule has 0 aliphatic carbocycles. The highest BCUT2D eigenvalue weighted by atomic mass is 16.5. The third kappa shape index (κ3) is 5.48. The number of aromatic hydroxyl groups is 1. The van der Waals surface area contributed by atoms with Gasteiger partial charge in [0, 0.05) is 5.56 Å². The van der Waals surface area contributed by atoms with Crippen LogP contribution in [0.15, 0.2) is 41.5 Å². The van der Waals surface area contributed by atoms with E-state index in [0.29, 0.717) is 28.7 Å². The fraction of sp³-hybridized carbons (Fsp3) is 0.333. The van der Waals surface area contributed by atoms with Gasteiger partial charge < -0.3 is 14.6 Å². The summed E-state index contributed by atoms with van der Waals surface area (Å²) in [5.74, 6) is 1.26. The Hall–Kier alpha value is -3.02. The molecule has 0 spiro atoms. The molecular weight excluding hydrogens is 344 g/mol. The van der Waals surface area contributed by atoms with Gasteiger partial charge in [-0.2, -0.15) is 5.10 Å². The lowest BCUT2D eigenvalue weighted by Gasteiger charge is -2.14. The molecule has 6 nitrogen and oxygen atoms in total. The first-order chi connectivity index (χ1) is 12.8. The third-order valence-corrected chi connectivity index (χ3v) is 4.09. The Bertz CT molecular complexity index is 844. The van der Waals surface area contributed by atoms with Gasteiger partial charge in [-0.15, -0.1) is 0 Å². The van der Waals surface area contributed by atoms with Crippen molar-refractivity contribution in [3.8, 4) is 17.2 Å². The van der Waals surface area contributed by atoms with Crippen LogP contribution in [0.5, 0.6) is 17.2 Å². The molecule has 0 fully saturated rings. The Morgan fingerprint density at radius 1 is 1.22 bits per heavy atom. The van der Waals surface area contributed by atoms with Gasteiger partial charge in [0.2, 0.25) is 0 Å². The molecule has 2 N–H and O–H groups in total. The van der Waals surface area contributed by atoms with E-state index in [4.69, 9.17) is 9.47 Å². The highest BCUT2D eigenvalue weighted by molar-refractivity contribution is 6.01. The molecule has 2 rings (SSSR count). The molecule has 0 radical (unpaired) electrons. The summed E-state index contributed by atoms with van der Waals surface area (Å²) in [5.41, 5.74) is 5.51. The normalized spacial score (nSPS) is 11.4. The van der Waals surface area contributed by atoms with Crippen LogP contribution in [0.4, 0.5) is 0 Å². The van der Waals surface area contributed by atoms with E-state index >= 15 is 0 Å². The zero-order chi connectivity index (χ0) is 20.0. The average molecular weight is 370 g/mol. The first-order valence-electron chi connectivity index (χ1n) is 8.75. The maximum absolute atomic E-state index is 12.1. The number of carbonyl (C=O) groups is 1. The quantitative estimate of drug-likeness (QED) is 0.575. The van der Waals surface area contributed by atoms with Crippen molar-refractivity contribution in [2.45, 2.75) is 33.6 Å². The fourth-order valence-electron chi connectivity index (χ4n) is 2.56. The molecule has 0 aliphatic rings. The van der Waals surface area contributed by atoms with Gasteiger partial charge in [0.25, 0.3) is 5.91 Å².